The summed E-state index contributed by atoms with van der Waals surface area (Å²) in [6, 6.07) is 18.5. The molecule has 0 bridgehead atoms. The summed E-state index contributed by atoms with van der Waals surface area (Å²) in [5, 5.41) is 3.69. The van der Waals surface area contributed by atoms with Crippen LogP contribution in [-0.2, 0) is 13.0 Å². The topological polar surface area (TPSA) is 12.0 Å². The second kappa shape index (κ2) is 6.44. The molecule has 1 nitrogen and oxygen atoms in total. The minimum Gasteiger partial charge on any atom is -0.310 e. The summed E-state index contributed by atoms with van der Waals surface area (Å²) in [5.41, 5.74) is 5.80. The van der Waals surface area contributed by atoms with Gasteiger partial charge in [0.15, 0.2) is 0 Å². The van der Waals surface area contributed by atoms with Gasteiger partial charge in [-0.2, -0.15) is 0 Å². The van der Waals surface area contributed by atoms with Gasteiger partial charge in [-0.15, -0.1) is 0 Å². The number of hydrogen-bond donors (Lipinski definition) is 1. The Labute approximate surface area is 128 Å². The van der Waals surface area contributed by atoms with Gasteiger partial charge in [-0.3, -0.25) is 0 Å². The number of rotatable bonds is 5. The van der Waals surface area contributed by atoms with Gasteiger partial charge < -0.3 is 5.32 Å². The molecular weight excluding hydrogens is 254 g/mol. The van der Waals surface area contributed by atoms with E-state index >= 15 is 0 Å². The molecule has 21 heavy (non-hydrogen) atoms. The first kappa shape index (κ1) is 14.3. The van der Waals surface area contributed by atoms with Crippen LogP contribution in [-0.4, -0.2) is 6.04 Å². The molecule has 0 aromatic heterocycles. The molecule has 1 aliphatic rings. The molecule has 1 fully saturated rings. The Morgan fingerprint density at radius 3 is 2.29 bits per heavy atom. The van der Waals surface area contributed by atoms with Crippen molar-refractivity contribution in [3.05, 3.63) is 70.8 Å². The van der Waals surface area contributed by atoms with Crippen LogP contribution in [0.2, 0.25) is 0 Å². The van der Waals surface area contributed by atoms with E-state index in [0.29, 0.717) is 6.04 Å². The van der Waals surface area contributed by atoms with Crippen molar-refractivity contribution in [2.45, 2.75) is 51.6 Å². The van der Waals surface area contributed by atoms with Crippen LogP contribution in [0.25, 0.3) is 0 Å². The summed E-state index contributed by atoms with van der Waals surface area (Å²) in [6.07, 6.45) is 3.67. The van der Waals surface area contributed by atoms with Gasteiger partial charge in [0, 0.05) is 12.6 Å². The van der Waals surface area contributed by atoms with Gasteiger partial charge in [-0.05, 0) is 54.4 Å². The quantitative estimate of drug-likeness (QED) is 0.844. The second-order valence-electron chi connectivity index (χ2n) is 6.27. The molecule has 0 atom stereocenters. The van der Waals surface area contributed by atoms with Gasteiger partial charge in [0.25, 0.3) is 0 Å². The molecular formula is C20H25N. The van der Waals surface area contributed by atoms with Crippen LogP contribution in [0.3, 0.4) is 0 Å². The third-order valence-electron chi connectivity index (χ3n) is 4.79. The van der Waals surface area contributed by atoms with Crippen LogP contribution >= 0.6 is 0 Å². The Morgan fingerprint density at radius 2 is 1.62 bits per heavy atom. The Hall–Kier alpha value is -1.60. The van der Waals surface area contributed by atoms with Crippen LogP contribution in [0.5, 0.6) is 0 Å². The Balaban J connectivity index is 1.48. The van der Waals surface area contributed by atoms with Crippen LogP contribution < -0.4 is 5.32 Å². The molecule has 0 spiro atoms. The zero-order chi connectivity index (χ0) is 14.7. The zero-order valence-corrected chi connectivity index (χ0v) is 13.1. The van der Waals surface area contributed by atoms with Gasteiger partial charge in [-0.25, -0.2) is 0 Å². The lowest BCUT2D eigenvalue weighted by Crippen LogP contribution is -2.39. The van der Waals surface area contributed by atoms with Crippen molar-refractivity contribution >= 4 is 0 Å². The normalized spacial score (nSPS) is 21.0. The molecule has 1 aliphatic carbocycles. The molecule has 1 N–H and O–H groups in total. The van der Waals surface area contributed by atoms with E-state index in [1.54, 1.807) is 5.56 Å². The van der Waals surface area contributed by atoms with Gasteiger partial charge in [0.1, 0.15) is 0 Å². The van der Waals surface area contributed by atoms with E-state index < -0.39 is 0 Å². The molecule has 0 unspecified atom stereocenters. The molecule has 0 heterocycles. The van der Waals surface area contributed by atoms with Crippen molar-refractivity contribution in [2.24, 2.45) is 0 Å². The van der Waals surface area contributed by atoms with Crippen molar-refractivity contribution in [3.63, 3.8) is 0 Å². The Morgan fingerprint density at radius 1 is 0.952 bits per heavy atom. The van der Waals surface area contributed by atoms with E-state index in [4.69, 9.17) is 0 Å². The predicted molar refractivity (Wildman–Crippen MR) is 89.6 cm³/mol. The third-order valence-corrected chi connectivity index (χ3v) is 4.79. The molecule has 0 amide bonds. The van der Waals surface area contributed by atoms with E-state index in [0.717, 1.165) is 18.9 Å². The molecule has 0 saturated heterocycles. The zero-order valence-electron chi connectivity index (χ0n) is 13.1. The number of hydrogen-bond acceptors (Lipinski definition) is 1. The van der Waals surface area contributed by atoms with Gasteiger partial charge >= 0.3 is 0 Å². The maximum absolute atomic E-state index is 3.69. The third kappa shape index (κ3) is 3.36. The number of aryl methyl sites for hydroxylation is 2. The average Bonchev–Trinajstić information content (AvgIpc) is 2.48. The summed E-state index contributed by atoms with van der Waals surface area (Å²) in [5.74, 6) is 0.756. The lowest BCUT2D eigenvalue weighted by molar-refractivity contribution is 0.289. The standard InChI is InChI=1S/C20H25N/c1-3-16-8-10-17(11-9-16)14-21-19-12-18(13-19)20-7-5-4-6-15(20)2/h4-11,18-19,21H,3,12-14H2,1-2H3. The lowest BCUT2D eigenvalue weighted by Gasteiger charge is -2.37. The van der Waals surface area contributed by atoms with Crippen molar-refractivity contribution < 1.29 is 0 Å². The molecule has 2 aromatic rings. The molecule has 3 rings (SSSR count). The van der Waals surface area contributed by atoms with Crippen molar-refractivity contribution in [1.29, 1.82) is 0 Å². The van der Waals surface area contributed by atoms with E-state index in [9.17, 15) is 0 Å². The largest absolute Gasteiger partial charge is 0.310 e. The fourth-order valence-corrected chi connectivity index (χ4v) is 3.24. The van der Waals surface area contributed by atoms with Crippen molar-refractivity contribution in [1.82, 2.24) is 5.32 Å². The monoisotopic (exact) mass is 279 g/mol. The highest BCUT2D eigenvalue weighted by atomic mass is 14.9. The predicted octanol–water partition coefficient (Wildman–Crippen LogP) is 4.59. The van der Waals surface area contributed by atoms with E-state index in [1.165, 1.54) is 29.5 Å². The molecule has 1 heteroatoms. The summed E-state index contributed by atoms with van der Waals surface area (Å²) in [7, 11) is 0. The Kier molecular flexibility index (Phi) is 4.40. The van der Waals surface area contributed by atoms with E-state index in [1.807, 2.05) is 0 Å². The smallest absolute Gasteiger partial charge is 0.0208 e. The van der Waals surface area contributed by atoms with Crippen LogP contribution in [0.15, 0.2) is 48.5 Å². The first-order valence-electron chi connectivity index (χ1n) is 8.13. The summed E-state index contributed by atoms with van der Waals surface area (Å²) in [4.78, 5) is 0. The van der Waals surface area contributed by atoms with Crippen molar-refractivity contribution in [3.8, 4) is 0 Å². The maximum Gasteiger partial charge on any atom is 0.0208 e. The van der Waals surface area contributed by atoms with Crippen LogP contribution in [0, 0.1) is 6.92 Å². The number of benzene rings is 2. The first-order chi connectivity index (χ1) is 10.3. The SMILES string of the molecule is CCc1ccc(CNC2CC(c3ccccc3C)C2)cc1. The lowest BCUT2D eigenvalue weighted by atomic mass is 9.74. The van der Waals surface area contributed by atoms with Crippen LogP contribution in [0.4, 0.5) is 0 Å². The highest BCUT2D eigenvalue weighted by molar-refractivity contribution is 5.31. The Bertz CT molecular complexity index is 579. The molecule has 110 valence electrons. The van der Waals surface area contributed by atoms with Crippen LogP contribution in [0.1, 0.15) is 47.9 Å². The molecule has 2 aromatic carbocycles. The van der Waals surface area contributed by atoms with Gasteiger partial charge in [-0.1, -0.05) is 55.5 Å². The molecule has 0 aliphatic heterocycles. The first-order valence-corrected chi connectivity index (χ1v) is 8.13. The second-order valence-corrected chi connectivity index (χ2v) is 6.27. The van der Waals surface area contributed by atoms with Crippen molar-refractivity contribution in [2.75, 3.05) is 0 Å². The number of nitrogens with one attached hydrogen (secondary N) is 1. The fourth-order valence-electron chi connectivity index (χ4n) is 3.24. The van der Waals surface area contributed by atoms with Gasteiger partial charge in [0.2, 0.25) is 0 Å². The molecule has 1 saturated carbocycles. The summed E-state index contributed by atoms with van der Waals surface area (Å²) >= 11 is 0. The maximum atomic E-state index is 3.69. The molecule has 0 radical (unpaired) electrons. The minimum absolute atomic E-state index is 0.681. The van der Waals surface area contributed by atoms with Gasteiger partial charge in [0.05, 0.1) is 0 Å². The van der Waals surface area contributed by atoms with E-state index in [-0.39, 0.29) is 0 Å². The highest BCUT2D eigenvalue weighted by Crippen LogP contribution is 2.38. The minimum atomic E-state index is 0.681. The summed E-state index contributed by atoms with van der Waals surface area (Å²) in [6.45, 7) is 5.42. The highest BCUT2D eigenvalue weighted by Gasteiger charge is 2.30. The summed E-state index contributed by atoms with van der Waals surface area (Å²) < 4.78 is 0. The average molecular weight is 279 g/mol. The van der Waals surface area contributed by atoms with E-state index in [2.05, 4.69) is 67.7 Å². The fraction of sp³-hybridized carbons (Fsp3) is 0.400.